The predicted octanol–water partition coefficient (Wildman–Crippen LogP) is 3.48. The molecule has 0 radical (unpaired) electrons. The summed E-state index contributed by atoms with van der Waals surface area (Å²) in [6, 6.07) is 13.8. The summed E-state index contributed by atoms with van der Waals surface area (Å²) in [4.78, 5) is 16.1. The summed E-state index contributed by atoms with van der Waals surface area (Å²) in [6.07, 6.45) is -0.652. The van der Waals surface area contributed by atoms with Crippen molar-refractivity contribution in [2.24, 2.45) is 0 Å². The van der Waals surface area contributed by atoms with Gasteiger partial charge in [0.05, 0.1) is 24.8 Å². The van der Waals surface area contributed by atoms with Crippen LogP contribution in [0.3, 0.4) is 0 Å². The van der Waals surface area contributed by atoms with Gasteiger partial charge in [-0.15, -0.1) is 0 Å². The molecule has 134 valence electrons. The Morgan fingerprint density at radius 2 is 1.85 bits per heavy atom. The van der Waals surface area contributed by atoms with Gasteiger partial charge in [0.1, 0.15) is 11.5 Å². The number of hydrogen-bond acceptors (Lipinski definition) is 6. The first-order valence-electron chi connectivity index (χ1n) is 7.94. The number of rotatable bonds is 4. The lowest BCUT2D eigenvalue weighted by Gasteiger charge is -2.12. The number of nitrogens with one attached hydrogen (secondary N) is 2. The lowest BCUT2D eigenvalue weighted by molar-refractivity contribution is 0.167. The van der Waals surface area contributed by atoms with E-state index in [0.29, 0.717) is 22.5 Å². The molecule has 0 spiro atoms. The third kappa shape index (κ3) is 3.59. The fourth-order valence-electron chi connectivity index (χ4n) is 2.37. The third-order valence-corrected chi connectivity index (χ3v) is 3.53. The number of carbonyl (C=O) groups is 1. The van der Waals surface area contributed by atoms with E-state index >= 15 is 0 Å². The van der Waals surface area contributed by atoms with Gasteiger partial charge in [0.2, 0.25) is 5.95 Å². The number of hydrogen-bond donors (Lipinski definition) is 2. The molecule has 8 heteroatoms. The molecule has 0 bridgehead atoms. The van der Waals surface area contributed by atoms with Crippen LogP contribution in [0.2, 0.25) is 0 Å². The van der Waals surface area contributed by atoms with Crippen molar-refractivity contribution in [1.82, 2.24) is 9.55 Å². The van der Waals surface area contributed by atoms with E-state index in [-0.39, 0.29) is 18.6 Å². The maximum absolute atomic E-state index is 11.8. The highest BCUT2D eigenvalue weighted by Crippen LogP contribution is 2.22. The van der Waals surface area contributed by atoms with Gasteiger partial charge in [0.15, 0.2) is 0 Å². The van der Waals surface area contributed by atoms with Crippen LogP contribution in [0.15, 0.2) is 48.5 Å². The summed E-state index contributed by atoms with van der Waals surface area (Å²) in [5, 5.41) is 10.9. The Kier molecular flexibility index (Phi) is 5.02. The van der Waals surface area contributed by atoms with Crippen LogP contribution in [0.5, 0.6) is 11.5 Å². The second-order valence-corrected chi connectivity index (χ2v) is 5.19. The molecule has 8 nitrogen and oxygen atoms in total. The third-order valence-electron chi connectivity index (χ3n) is 3.53. The lowest BCUT2D eigenvalue weighted by atomic mass is 10.3. The van der Waals surface area contributed by atoms with Gasteiger partial charge in [-0.1, -0.05) is 12.1 Å². The van der Waals surface area contributed by atoms with Gasteiger partial charge in [-0.05, 0) is 43.3 Å². The first-order valence-corrected chi connectivity index (χ1v) is 7.94. The molecule has 0 saturated carbocycles. The summed E-state index contributed by atoms with van der Waals surface area (Å²) < 4.78 is 17.0. The number of benzene rings is 2. The largest absolute Gasteiger partial charge is 0.497 e. The molecule has 3 aromatic rings. The Morgan fingerprint density at radius 1 is 1.15 bits per heavy atom. The minimum absolute atomic E-state index is 0.142. The number of para-hydroxylation sites is 2. The van der Waals surface area contributed by atoms with E-state index in [1.54, 1.807) is 50.4 Å². The molecule has 0 atom stereocenters. The zero-order valence-corrected chi connectivity index (χ0v) is 14.4. The van der Waals surface area contributed by atoms with Gasteiger partial charge in [-0.2, -0.15) is 0 Å². The normalized spacial score (nSPS) is 10.4. The Balaban J connectivity index is 1.93. The van der Waals surface area contributed by atoms with Crippen molar-refractivity contribution in [1.29, 1.82) is 5.41 Å². The average Bonchev–Trinajstić information content (AvgIpc) is 3.00. The summed E-state index contributed by atoms with van der Waals surface area (Å²) >= 11 is 0. The molecule has 0 aliphatic heterocycles. The molecular weight excluding hydrogens is 336 g/mol. The molecule has 0 fully saturated rings. The van der Waals surface area contributed by atoms with E-state index in [2.05, 4.69) is 10.3 Å². The number of ether oxygens (including phenoxy) is 3. The molecule has 2 N–H and O–H groups in total. The maximum Gasteiger partial charge on any atom is 0.413 e. The van der Waals surface area contributed by atoms with Gasteiger partial charge in [-0.3, -0.25) is 10.7 Å². The molecule has 26 heavy (non-hydrogen) atoms. The van der Waals surface area contributed by atoms with Crippen LogP contribution in [0.4, 0.5) is 10.7 Å². The second kappa shape index (κ2) is 7.56. The van der Waals surface area contributed by atoms with Crippen LogP contribution >= 0.6 is 0 Å². The fourth-order valence-corrected chi connectivity index (χ4v) is 2.37. The highest BCUT2D eigenvalue weighted by molar-refractivity contribution is 5.95. The van der Waals surface area contributed by atoms with Gasteiger partial charge in [-0.25, -0.2) is 14.3 Å². The number of anilines is 1. The standard InChI is InChI=1S/C18H18N4O4/c1-3-25-18(23)21-17-20-14-6-4-5-7-15(14)22(17)16(19)26-13-10-8-12(24-2)9-11-13/h4-11,19H,3H2,1-2H3,(H,20,21,23). The molecular formula is C18H18N4O4. The maximum atomic E-state index is 11.8. The Labute approximate surface area is 149 Å². The quantitative estimate of drug-likeness (QED) is 0.552. The minimum Gasteiger partial charge on any atom is -0.497 e. The smallest absolute Gasteiger partial charge is 0.413 e. The van der Waals surface area contributed by atoms with Gasteiger partial charge in [0.25, 0.3) is 0 Å². The molecule has 3 rings (SSSR count). The number of imidazole rings is 1. The van der Waals surface area contributed by atoms with Crippen molar-refractivity contribution in [2.75, 3.05) is 19.0 Å². The molecule has 2 aromatic carbocycles. The summed E-state index contributed by atoms with van der Waals surface area (Å²) in [7, 11) is 1.57. The molecule has 0 aliphatic rings. The minimum atomic E-state index is -0.652. The number of fused-ring (bicyclic) bond motifs is 1. The zero-order chi connectivity index (χ0) is 18.5. The Hall–Kier alpha value is -3.55. The molecule has 0 saturated heterocycles. The van der Waals surface area contributed by atoms with Crippen molar-refractivity contribution >= 4 is 29.1 Å². The molecule has 0 unspecified atom stereocenters. The van der Waals surface area contributed by atoms with Crippen molar-refractivity contribution in [3.63, 3.8) is 0 Å². The van der Waals surface area contributed by atoms with E-state index in [1.165, 1.54) is 4.57 Å². The summed E-state index contributed by atoms with van der Waals surface area (Å²) in [6.45, 7) is 1.93. The topological polar surface area (TPSA) is 98.5 Å². The molecule has 1 amide bonds. The van der Waals surface area contributed by atoms with Crippen LogP contribution in [0.1, 0.15) is 6.92 Å². The van der Waals surface area contributed by atoms with Crippen molar-refractivity contribution in [3.05, 3.63) is 48.5 Å². The predicted molar refractivity (Wildman–Crippen MR) is 97.1 cm³/mol. The van der Waals surface area contributed by atoms with E-state index in [0.717, 1.165) is 0 Å². The molecule has 1 aromatic heterocycles. The van der Waals surface area contributed by atoms with Gasteiger partial charge in [0, 0.05) is 0 Å². The SMILES string of the molecule is CCOC(=O)Nc1nc2ccccc2n1C(=N)Oc1ccc(OC)cc1. The molecule has 0 aliphatic carbocycles. The average molecular weight is 354 g/mol. The zero-order valence-electron chi connectivity index (χ0n) is 14.4. The van der Waals surface area contributed by atoms with Crippen molar-refractivity contribution in [3.8, 4) is 11.5 Å². The fraction of sp³-hybridized carbons (Fsp3) is 0.167. The first kappa shape index (κ1) is 17.3. The van der Waals surface area contributed by atoms with Gasteiger partial charge >= 0.3 is 12.1 Å². The van der Waals surface area contributed by atoms with E-state index < -0.39 is 6.09 Å². The van der Waals surface area contributed by atoms with Crippen LogP contribution in [0.25, 0.3) is 11.0 Å². The number of amides is 1. The lowest BCUT2D eigenvalue weighted by Crippen LogP contribution is -2.23. The van der Waals surface area contributed by atoms with Crippen LogP contribution < -0.4 is 14.8 Å². The summed E-state index contributed by atoms with van der Waals surface area (Å²) in [5.41, 5.74) is 1.24. The Bertz CT molecular complexity index is 934. The first-order chi connectivity index (χ1) is 12.6. The van der Waals surface area contributed by atoms with Crippen molar-refractivity contribution in [2.45, 2.75) is 6.92 Å². The monoisotopic (exact) mass is 354 g/mol. The number of nitrogens with zero attached hydrogens (tertiary/aromatic N) is 2. The second-order valence-electron chi connectivity index (χ2n) is 5.19. The molecule has 1 heterocycles. The van der Waals surface area contributed by atoms with Crippen LogP contribution in [-0.2, 0) is 4.74 Å². The van der Waals surface area contributed by atoms with E-state index in [9.17, 15) is 4.79 Å². The number of aromatic nitrogens is 2. The van der Waals surface area contributed by atoms with Gasteiger partial charge < -0.3 is 14.2 Å². The number of carbonyl (C=O) groups excluding carboxylic acids is 1. The number of methoxy groups -OCH3 is 1. The highest BCUT2D eigenvalue weighted by Gasteiger charge is 2.18. The van der Waals surface area contributed by atoms with Crippen LogP contribution in [-0.4, -0.2) is 35.4 Å². The van der Waals surface area contributed by atoms with Crippen molar-refractivity contribution < 1.29 is 19.0 Å². The Morgan fingerprint density at radius 3 is 2.54 bits per heavy atom. The van der Waals surface area contributed by atoms with Crippen LogP contribution in [0, 0.1) is 5.41 Å². The van der Waals surface area contributed by atoms with E-state index in [4.69, 9.17) is 19.6 Å². The van der Waals surface area contributed by atoms with E-state index in [1.807, 2.05) is 12.1 Å². The highest BCUT2D eigenvalue weighted by atomic mass is 16.5. The summed E-state index contributed by atoms with van der Waals surface area (Å²) in [5.74, 6) is 1.28.